The molecule has 0 aromatic rings. The summed E-state index contributed by atoms with van der Waals surface area (Å²) in [5, 5.41) is 0. The highest BCUT2D eigenvalue weighted by Crippen LogP contribution is 2.29. The second-order valence-corrected chi connectivity index (χ2v) is 5.67. The number of hydrogen-bond acceptors (Lipinski definition) is 4. The Morgan fingerprint density at radius 2 is 1.74 bits per heavy atom. The molecule has 1 atom stereocenters. The van der Waals surface area contributed by atoms with Gasteiger partial charge in [-0.1, -0.05) is 0 Å². The highest BCUT2D eigenvalue weighted by atomic mass is 19.4. The van der Waals surface area contributed by atoms with Crippen LogP contribution in [0.25, 0.3) is 0 Å². The van der Waals surface area contributed by atoms with E-state index in [4.69, 9.17) is 10.5 Å². The van der Waals surface area contributed by atoms with Crippen molar-refractivity contribution < 1.29 is 17.9 Å². The number of piperazine rings is 1. The van der Waals surface area contributed by atoms with Crippen molar-refractivity contribution in [1.82, 2.24) is 9.80 Å². The molecule has 2 fully saturated rings. The van der Waals surface area contributed by atoms with Gasteiger partial charge in [0.05, 0.1) is 13.2 Å². The summed E-state index contributed by atoms with van der Waals surface area (Å²) in [6, 6.07) is 0. The zero-order chi connectivity index (χ0) is 13.9. The summed E-state index contributed by atoms with van der Waals surface area (Å²) in [4.78, 5) is 3.69. The van der Waals surface area contributed by atoms with Crippen LogP contribution in [-0.4, -0.2) is 75.0 Å². The van der Waals surface area contributed by atoms with Gasteiger partial charge in [-0.3, -0.25) is 4.90 Å². The Labute approximate surface area is 111 Å². The number of hydrogen-bond donors (Lipinski definition) is 1. The van der Waals surface area contributed by atoms with Crippen molar-refractivity contribution in [2.24, 2.45) is 11.1 Å². The van der Waals surface area contributed by atoms with Crippen molar-refractivity contribution in [3.8, 4) is 0 Å². The van der Waals surface area contributed by atoms with Crippen LogP contribution in [0, 0.1) is 5.41 Å². The molecule has 2 aliphatic rings. The minimum Gasteiger partial charge on any atom is -0.381 e. The highest BCUT2D eigenvalue weighted by molar-refractivity contribution is 4.88. The van der Waals surface area contributed by atoms with Crippen molar-refractivity contribution in [2.45, 2.75) is 12.6 Å². The Kier molecular flexibility index (Phi) is 4.70. The number of nitrogens with zero attached hydrogens (tertiary/aromatic N) is 2. The number of halogens is 3. The van der Waals surface area contributed by atoms with Crippen LogP contribution in [0.2, 0.25) is 0 Å². The smallest absolute Gasteiger partial charge is 0.381 e. The van der Waals surface area contributed by atoms with Crippen LogP contribution >= 0.6 is 0 Å². The first-order chi connectivity index (χ1) is 8.92. The molecule has 2 heterocycles. The molecule has 7 heteroatoms. The molecule has 112 valence electrons. The molecule has 0 aromatic heterocycles. The minimum atomic E-state index is -4.10. The third-order valence-electron chi connectivity index (χ3n) is 4.04. The van der Waals surface area contributed by atoms with E-state index in [1.54, 1.807) is 0 Å². The summed E-state index contributed by atoms with van der Waals surface area (Å²) in [7, 11) is 0. The maximum absolute atomic E-state index is 12.3. The predicted molar refractivity (Wildman–Crippen MR) is 65.9 cm³/mol. The molecule has 19 heavy (non-hydrogen) atoms. The van der Waals surface area contributed by atoms with E-state index < -0.39 is 12.7 Å². The largest absolute Gasteiger partial charge is 0.401 e. The van der Waals surface area contributed by atoms with Crippen molar-refractivity contribution in [1.29, 1.82) is 0 Å². The average molecular weight is 281 g/mol. The van der Waals surface area contributed by atoms with E-state index in [0.717, 1.165) is 19.6 Å². The van der Waals surface area contributed by atoms with Gasteiger partial charge >= 0.3 is 6.18 Å². The Bertz CT molecular complexity index is 284. The molecule has 1 unspecified atom stereocenters. The Morgan fingerprint density at radius 1 is 1.11 bits per heavy atom. The van der Waals surface area contributed by atoms with Gasteiger partial charge in [0.25, 0.3) is 0 Å². The molecule has 0 aromatic carbocycles. The number of rotatable bonds is 4. The van der Waals surface area contributed by atoms with E-state index in [1.165, 1.54) is 4.90 Å². The predicted octanol–water partition coefficient (Wildman–Crippen LogP) is 0.532. The summed E-state index contributed by atoms with van der Waals surface area (Å²) in [5.41, 5.74) is 5.84. The average Bonchev–Trinajstić information content (AvgIpc) is 2.79. The van der Waals surface area contributed by atoms with Crippen molar-refractivity contribution in [2.75, 3.05) is 59.0 Å². The maximum Gasteiger partial charge on any atom is 0.401 e. The lowest BCUT2D eigenvalue weighted by molar-refractivity contribution is -0.149. The fraction of sp³-hybridized carbons (Fsp3) is 1.00. The fourth-order valence-corrected chi connectivity index (χ4v) is 2.83. The summed E-state index contributed by atoms with van der Waals surface area (Å²) in [5.74, 6) is 0. The second-order valence-electron chi connectivity index (χ2n) is 5.67. The molecule has 0 radical (unpaired) electrons. The molecule has 2 rings (SSSR count). The van der Waals surface area contributed by atoms with Gasteiger partial charge in [-0.15, -0.1) is 0 Å². The van der Waals surface area contributed by atoms with E-state index in [9.17, 15) is 13.2 Å². The van der Waals surface area contributed by atoms with Crippen LogP contribution in [0.5, 0.6) is 0 Å². The van der Waals surface area contributed by atoms with Gasteiger partial charge in [-0.2, -0.15) is 13.2 Å². The van der Waals surface area contributed by atoms with E-state index >= 15 is 0 Å². The summed E-state index contributed by atoms with van der Waals surface area (Å²) >= 11 is 0. The van der Waals surface area contributed by atoms with Crippen LogP contribution in [0.15, 0.2) is 0 Å². The van der Waals surface area contributed by atoms with Gasteiger partial charge in [-0.25, -0.2) is 0 Å². The van der Waals surface area contributed by atoms with Crippen LogP contribution < -0.4 is 5.73 Å². The first kappa shape index (κ1) is 15.0. The summed E-state index contributed by atoms with van der Waals surface area (Å²) in [6.07, 6.45) is -3.15. The molecular formula is C12H22F3N3O. The number of alkyl halides is 3. The van der Waals surface area contributed by atoms with Crippen LogP contribution in [-0.2, 0) is 4.74 Å². The number of ether oxygens (including phenoxy) is 1. The van der Waals surface area contributed by atoms with E-state index in [2.05, 4.69) is 4.90 Å². The standard InChI is InChI=1S/C12H22F3N3O/c13-12(14,15)9-18-4-2-17(3-5-18)8-11(7-16)1-6-19-10-11/h1-10,16H2. The molecule has 0 amide bonds. The molecule has 0 bridgehead atoms. The van der Waals surface area contributed by atoms with Crippen LogP contribution in [0.1, 0.15) is 6.42 Å². The fourth-order valence-electron chi connectivity index (χ4n) is 2.83. The SMILES string of the molecule is NCC1(CN2CCN(CC(F)(F)F)CC2)CCOC1. The van der Waals surface area contributed by atoms with Gasteiger partial charge in [0, 0.05) is 51.3 Å². The lowest BCUT2D eigenvalue weighted by Crippen LogP contribution is -2.53. The van der Waals surface area contributed by atoms with Crippen LogP contribution in [0.3, 0.4) is 0 Å². The minimum absolute atomic E-state index is 0.00615. The molecule has 0 spiro atoms. The first-order valence-electron chi connectivity index (χ1n) is 6.72. The second kappa shape index (κ2) is 5.95. The molecule has 2 aliphatic heterocycles. The quantitative estimate of drug-likeness (QED) is 0.816. The van der Waals surface area contributed by atoms with E-state index in [1.807, 2.05) is 0 Å². The third-order valence-corrected chi connectivity index (χ3v) is 4.04. The number of nitrogens with two attached hydrogens (primary N) is 1. The third kappa shape index (κ3) is 4.30. The Balaban J connectivity index is 1.77. The van der Waals surface area contributed by atoms with Gasteiger partial charge < -0.3 is 15.4 Å². The Morgan fingerprint density at radius 3 is 2.21 bits per heavy atom. The van der Waals surface area contributed by atoms with Crippen LogP contribution in [0.4, 0.5) is 13.2 Å². The zero-order valence-electron chi connectivity index (χ0n) is 11.1. The Hall–Kier alpha value is -0.370. The normalized spacial score (nSPS) is 30.9. The first-order valence-corrected chi connectivity index (χ1v) is 6.72. The lowest BCUT2D eigenvalue weighted by atomic mass is 9.86. The molecule has 0 saturated carbocycles. The maximum atomic E-state index is 12.3. The van der Waals surface area contributed by atoms with E-state index in [0.29, 0.717) is 39.3 Å². The monoisotopic (exact) mass is 281 g/mol. The highest BCUT2D eigenvalue weighted by Gasteiger charge is 2.37. The van der Waals surface area contributed by atoms with Gasteiger partial charge in [-0.05, 0) is 6.42 Å². The van der Waals surface area contributed by atoms with Crippen molar-refractivity contribution >= 4 is 0 Å². The molecule has 0 aliphatic carbocycles. The van der Waals surface area contributed by atoms with E-state index in [-0.39, 0.29) is 5.41 Å². The summed E-state index contributed by atoms with van der Waals surface area (Å²) in [6.45, 7) is 4.33. The van der Waals surface area contributed by atoms with Gasteiger partial charge in [0.15, 0.2) is 0 Å². The zero-order valence-corrected chi connectivity index (χ0v) is 11.1. The molecule has 4 nitrogen and oxygen atoms in total. The van der Waals surface area contributed by atoms with Crippen molar-refractivity contribution in [3.05, 3.63) is 0 Å². The van der Waals surface area contributed by atoms with Gasteiger partial charge in [0.2, 0.25) is 0 Å². The molecule has 2 saturated heterocycles. The summed E-state index contributed by atoms with van der Waals surface area (Å²) < 4.78 is 42.3. The van der Waals surface area contributed by atoms with Gasteiger partial charge in [0.1, 0.15) is 0 Å². The topological polar surface area (TPSA) is 41.7 Å². The lowest BCUT2D eigenvalue weighted by Gasteiger charge is -2.39. The molecule has 2 N–H and O–H groups in total. The molecular weight excluding hydrogens is 259 g/mol. The van der Waals surface area contributed by atoms with Crippen molar-refractivity contribution in [3.63, 3.8) is 0 Å².